The number of nitrogens with zero attached hydrogens (tertiary/aromatic N) is 2. The van der Waals surface area contributed by atoms with Crippen molar-refractivity contribution in [2.45, 2.75) is 25.7 Å². The van der Waals surface area contributed by atoms with Crippen molar-refractivity contribution >= 4 is 33.7 Å². The fourth-order valence-electron chi connectivity index (χ4n) is 4.41. The highest BCUT2D eigenvalue weighted by Gasteiger charge is 2.33. The van der Waals surface area contributed by atoms with Gasteiger partial charge in [0.1, 0.15) is 17.3 Å². The highest BCUT2D eigenvalue weighted by Crippen LogP contribution is 2.42. The summed E-state index contributed by atoms with van der Waals surface area (Å²) < 4.78 is 5.19. The largest absolute Gasteiger partial charge is 0.497 e. The number of methoxy groups -OCH3 is 1. The van der Waals surface area contributed by atoms with Crippen molar-refractivity contribution in [1.29, 1.82) is 0 Å². The summed E-state index contributed by atoms with van der Waals surface area (Å²) in [6, 6.07) is 17.1. The third kappa shape index (κ3) is 3.75. The second-order valence-electron chi connectivity index (χ2n) is 8.05. The molecule has 3 aromatic rings. The molecule has 6 heteroatoms. The first-order valence-electron chi connectivity index (χ1n) is 10.9. The third-order valence-electron chi connectivity index (χ3n) is 6.07. The summed E-state index contributed by atoms with van der Waals surface area (Å²) in [4.78, 5) is 34.0. The number of carbonyl (C=O) groups excluding carboxylic acids is 2. The maximum absolute atomic E-state index is 13.2. The zero-order valence-electron chi connectivity index (χ0n) is 18.0. The summed E-state index contributed by atoms with van der Waals surface area (Å²) in [5, 5.41) is 0.865. The Kier molecular flexibility index (Phi) is 5.62. The van der Waals surface area contributed by atoms with Gasteiger partial charge >= 0.3 is 0 Å². The van der Waals surface area contributed by atoms with Gasteiger partial charge in [0.05, 0.1) is 19.4 Å². The lowest BCUT2D eigenvalue weighted by molar-refractivity contribution is -0.117. The van der Waals surface area contributed by atoms with E-state index >= 15 is 0 Å². The van der Waals surface area contributed by atoms with Crippen LogP contribution in [0.5, 0.6) is 5.75 Å². The first kappa shape index (κ1) is 20.6. The molecule has 0 spiro atoms. The summed E-state index contributed by atoms with van der Waals surface area (Å²) >= 11 is 1.66. The summed E-state index contributed by atoms with van der Waals surface area (Å²) in [6.45, 7) is 0.0471. The second-order valence-corrected chi connectivity index (χ2v) is 9.14. The number of aryl methyl sites for hydroxylation is 1. The topological polar surface area (TPSA) is 59.0 Å². The fourth-order valence-corrected chi connectivity index (χ4v) is 5.82. The Morgan fingerprint density at radius 2 is 1.81 bits per heavy atom. The molecule has 1 aliphatic carbocycles. The van der Waals surface area contributed by atoms with Crippen LogP contribution in [0.2, 0.25) is 0 Å². The standard InChI is InChI=1S/C26H24N2O3S/c1-31-19-13-11-17(12-14-19)21(29)16-28-23(30)15-27-25(18-7-3-2-4-8-18)24-20-9-5-6-10-22(20)32-26(24)28/h2-4,7-8,11-14H,5-6,9-10,15-16H2,1H3. The number of benzene rings is 2. The number of carbonyl (C=O) groups is 2. The normalized spacial score (nSPS) is 15.5. The third-order valence-corrected chi connectivity index (χ3v) is 7.38. The van der Waals surface area contributed by atoms with Gasteiger partial charge in [0, 0.05) is 21.6 Å². The highest BCUT2D eigenvalue weighted by molar-refractivity contribution is 7.17. The number of anilines is 1. The number of Topliss-reactive ketones (excluding diaryl/α,β-unsaturated/α-hetero) is 1. The molecule has 0 N–H and O–H groups in total. The second kappa shape index (κ2) is 8.71. The van der Waals surface area contributed by atoms with Crippen LogP contribution in [0.4, 0.5) is 5.00 Å². The number of thiophene rings is 1. The van der Waals surface area contributed by atoms with Gasteiger partial charge in [-0.2, -0.15) is 0 Å². The van der Waals surface area contributed by atoms with Crippen molar-refractivity contribution in [3.63, 3.8) is 0 Å². The Morgan fingerprint density at radius 1 is 1.06 bits per heavy atom. The molecule has 162 valence electrons. The van der Waals surface area contributed by atoms with Gasteiger partial charge in [-0.25, -0.2) is 0 Å². The van der Waals surface area contributed by atoms with Crippen LogP contribution in [0, 0.1) is 0 Å². The quantitative estimate of drug-likeness (QED) is 0.536. The average molecular weight is 445 g/mol. The van der Waals surface area contributed by atoms with Crippen LogP contribution in [0.25, 0.3) is 0 Å². The smallest absolute Gasteiger partial charge is 0.249 e. The van der Waals surface area contributed by atoms with Crippen LogP contribution in [-0.2, 0) is 17.6 Å². The molecule has 32 heavy (non-hydrogen) atoms. The van der Waals surface area contributed by atoms with Crippen LogP contribution in [0.15, 0.2) is 59.6 Å². The van der Waals surface area contributed by atoms with E-state index in [2.05, 4.69) is 0 Å². The van der Waals surface area contributed by atoms with E-state index in [0.717, 1.165) is 47.5 Å². The number of hydrogen-bond donors (Lipinski definition) is 0. The Labute approximate surface area is 191 Å². The van der Waals surface area contributed by atoms with Crippen molar-refractivity contribution in [3.05, 3.63) is 81.7 Å². The van der Waals surface area contributed by atoms with Crippen LogP contribution < -0.4 is 9.64 Å². The molecule has 0 radical (unpaired) electrons. The molecule has 5 rings (SSSR count). The van der Waals surface area contributed by atoms with E-state index in [4.69, 9.17) is 9.73 Å². The van der Waals surface area contributed by atoms with Crippen molar-refractivity contribution in [2.75, 3.05) is 25.1 Å². The molecule has 0 fully saturated rings. The van der Waals surface area contributed by atoms with Gasteiger partial charge in [-0.15, -0.1) is 11.3 Å². The lowest BCUT2D eigenvalue weighted by Crippen LogP contribution is -2.36. The van der Waals surface area contributed by atoms with Crippen molar-refractivity contribution in [3.8, 4) is 5.75 Å². The fraction of sp³-hybridized carbons (Fsp3) is 0.269. The molecule has 0 saturated carbocycles. The molecule has 0 saturated heterocycles. The summed E-state index contributed by atoms with van der Waals surface area (Å²) in [5.41, 5.74) is 4.79. The number of hydrogen-bond acceptors (Lipinski definition) is 5. The number of amides is 1. The summed E-state index contributed by atoms with van der Waals surface area (Å²) in [5.74, 6) is 0.459. The number of fused-ring (bicyclic) bond motifs is 3. The minimum atomic E-state index is -0.141. The van der Waals surface area contributed by atoms with E-state index in [1.165, 1.54) is 10.4 Å². The molecule has 1 aromatic heterocycles. The van der Waals surface area contributed by atoms with Gasteiger partial charge in [-0.05, 0) is 55.5 Å². The first-order chi connectivity index (χ1) is 15.7. The van der Waals surface area contributed by atoms with Gasteiger partial charge in [0.15, 0.2) is 5.78 Å². The van der Waals surface area contributed by atoms with E-state index in [1.807, 2.05) is 30.3 Å². The lowest BCUT2D eigenvalue weighted by atomic mass is 9.91. The SMILES string of the molecule is COc1ccc(C(=O)CN2C(=O)CN=C(c3ccccc3)c3c2sc2c3CCCC2)cc1. The first-order valence-corrected chi connectivity index (χ1v) is 11.7. The zero-order valence-corrected chi connectivity index (χ0v) is 18.8. The average Bonchev–Trinajstić information content (AvgIpc) is 3.16. The van der Waals surface area contributed by atoms with Gasteiger partial charge in [0.2, 0.25) is 5.91 Å². The zero-order chi connectivity index (χ0) is 22.1. The Morgan fingerprint density at radius 3 is 2.56 bits per heavy atom. The number of ketones is 1. The molecule has 1 aliphatic heterocycles. The van der Waals surface area contributed by atoms with Crippen molar-refractivity contribution < 1.29 is 14.3 Å². The van der Waals surface area contributed by atoms with Crippen LogP contribution >= 0.6 is 11.3 Å². The molecule has 1 amide bonds. The van der Waals surface area contributed by atoms with Gasteiger partial charge in [-0.1, -0.05) is 30.3 Å². The predicted molar refractivity (Wildman–Crippen MR) is 128 cm³/mol. The monoisotopic (exact) mass is 444 g/mol. The molecular formula is C26H24N2O3S. The Bertz CT molecular complexity index is 1200. The van der Waals surface area contributed by atoms with E-state index in [9.17, 15) is 9.59 Å². The Hall–Kier alpha value is -3.25. The molecule has 2 aliphatic rings. The molecule has 2 heterocycles. The maximum atomic E-state index is 13.2. The molecule has 0 bridgehead atoms. The number of ether oxygens (including phenoxy) is 1. The van der Waals surface area contributed by atoms with Gasteiger partial charge in [0.25, 0.3) is 0 Å². The minimum absolute atomic E-state index is 0.00907. The number of aliphatic imine (C=N–C) groups is 1. The minimum Gasteiger partial charge on any atom is -0.497 e. The Balaban J connectivity index is 1.56. The molecule has 0 unspecified atom stereocenters. The number of rotatable bonds is 5. The van der Waals surface area contributed by atoms with E-state index in [1.54, 1.807) is 47.6 Å². The van der Waals surface area contributed by atoms with Crippen molar-refractivity contribution in [1.82, 2.24) is 0 Å². The van der Waals surface area contributed by atoms with Crippen LogP contribution in [0.3, 0.4) is 0 Å². The summed E-state index contributed by atoms with van der Waals surface area (Å²) in [7, 11) is 1.59. The molecule has 2 aromatic carbocycles. The maximum Gasteiger partial charge on any atom is 0.249 e. The van der Waals surface area contributed by atoms with E-state index < -0.39 is 0 Å². The lowest BCUT2D eigenvalue weighted by Gasteiger charge is -2.20. The van der Waals surface area contributed by atoms with Gasteiger partial charge in [-0.3, -0.25) is 19.5 Å². The van der Waals surface area contributed by atoms with Crippen LogP contribution in [-0.4, -0.2) is 37.6 Å². The molecule has 5 nitrogen and oxygen atoms in total. The summed E-state index contributed by atoms with van der Waals surface area (Å²) in [6.07, 6.45) is 4.30. The highest BCUT2D eigenvalue weighted by atomic mass is 32.1. The van der Waals surface area contributed by atoms with E-state index in [0.29, 0.717) is 11.3 Å². The predicted octanol–water partition coefficient (Wildman–Crippen LogP) is 4.70. The van der Waals surface area contributed by atoms with Crippen LogP contribution in [0.1, 0.15) is 44.8 Å². The van der Waals surface area contributed by atoms with Crippen molar-refractivity contribution in [2.24, 2.45) is 4.99 Å². The van der Waals surface area contributed by atoms with Gasteiger partial charge < -0.3 is 4.74 Å². The van der Waals surface area contributed by atoms with E-state index in [-0.39, 0.29) is 24.8 Å². The molecular weight excluding hydrogens is 420 g/mol. The molecule has 0 atom stereocenters.